The van der Waals surface area contributed by atoms with Gasteiger partial charge in [-0.1, -0.05) is 18.2 Å². The van der Waals surface area contributed by atoms with Gasteiger partial charge in [0.15, 0.2) is 0 Å². The van der Waals surface area contributed by atoms with Crippen LogP contribution in [0.5, 0.6) is 0 Å². The molecule has 0 radical (unpaired) electrons. The molecule has 1 unspecified atom stereocenters. The Hall–Kier alpha value is -2.11. The maximum Gasteiger partial charge on any atom is 0.134 e. The summed E-state index contributed by atoms with van der Waals surface area (Å²) in [5.74, 6) is 5.71. The van der Waals surface area contributed by atoms with Gasteiger partial charge < -0.3 is 4.42 Å². The van der Waals surface area contributed by atoms with Crippen molar-refractivity contribution in [3.63, 3.8) is 0 Å². The van der Waals surface area contributed by atoms with E-state index in [9.17, 15) is 0 Å². The molecule has 2 heterocycles. The zero-order valence-electron chi connectivity index (χ0n) is 11.4. The standard InChI is InChI=1S/C15H18N4O/c1-19-9-11(8-17-19)6-7-14(18-16)13-10-20-15-5-3-2-4-12(13)15/h2-5,8-10,14,18H,6-7,16H2,1H3. The van der Waals surface area contributed by atoms with Crippen LogP contribution < -0.4 is 11.3 Å². The molecule has 0 saturated carbocycles. The summed E-state index contributed by atoms with van der Waals surface area (Å²) in [7, 11) is 1.92. The molecule has 0 bridgehead atoms. The number of furan rings is 1. The lowest BCUT2D eigenvalue weighted by molar-refractivity contribution is 0.507. The number of benzene rings is 1. The fraction of sp³-hybridized carbons (Fsp3) is 0.267. The zero-order valence-corrected chi connectivity index (χ0v) is 11.4. The van der Waals surface area contributed by atoms with Crippen LogP contribution in [0.15, 0.2) is 47.3 Å². The third-order valence-corrected chi connectivity index (χ3v) is 3.57. The largest absolute Gasteiger partial charge is 0.464 e. The summed E-state index contributed by atoms with van der Waals surface area (Å²) in [4.78, 5) is 0. The quantitative estimate of drug-likeness (QED) is 0.551. The van der Waals surface area contributed by atoms with Crippen molar-refractivity contribution in [1.82, 2.24) is 15.2 Å². The van der Waals surface area contributed by atoms with Crippen LogP contribution in [0.1, 0.15) is 23.6 Å². The summed E-state index contributed by atoms with van der Waals surface area (Å²) in [6.07, 6.45) is 7.52. The van der Waals surface area contributed by atoms with Crippen molar-refractivity contribution >= 4 is 11.0 Å². The first-order valence-electron chi connectivity index (χ1n) is 6.67. The summed E-state index contributed by atoms with van der Waals surface area (Å²) in [6, 6.07) is 8.07. The Morgan fingerprint density at radius 3 is 3.00 bits per heavy atom. The lowest BCUT2D eigenvalue weighted by atomic mass is 10.0. The number of nitrogens with zero attached hydrogens (tertiary/aromatic N) is 2. The number of aromatic nitrogens is 2. The maximum atomic E-state index is 5.71. The molecular formula is C15H18N4O. The van der Waals surface area contributed by atoms with Crippen molar-refractivity contribution in [2.24, 2.45) is 12.9 Å². The Balaban J connectivity index is 1.79. The Kier molecular flexibility index (Phi) is 3.54. The zero-order chi connectivity index (χ0) is 13.9. The van der Waals surface area contributed by atoms with Gasteiger partial charge in [0.2, 0.25) is 0 Å². The van der Waals surface area contributed by atoms with Crippen molar-refractivity contribution < 1.29 is 4.42 Å². The topological polar surface area (TPSA) is 69.0 Å². The van der Waals surface area contributed by atoms with Gasteiger partial charge in [0.25, 0.3) is 0 Å². The van der Waals surface area contributed by atoms with Crippen molar-refractivity contribution in [2.45, 2.75) is 18.9 Å². The van der Waals surface area contributed by atoms with Gasteiger partial charge in [-0.25, -0.2) is 0 Å². The SMILES string of the molecule is Cn1cc(CCC(NN)c2coc3ccccc23)cn1. The fourth-order valence-corrected chi connectivity index (χ4v) is 2.51. The number of nitrogens with one attached hydrogen (secondary N) is 1. The molecule has 5 nitrogen and oxygen atoms in total. The number of hydrazine groups is 1. The summed E-state index contributed by atoms with van der Waals surface area (Å²) in [5.41, 5.74) is 6.09. The van der Waals surface area contributed by atoms with E-state index in [0.717, 1.165) is 29.4 Å². The molecule has 0 fully saturated rings. The Bertz CT molecular complexity index is 701. The van der Waals surface area contributed by atoms with E-state index in [4.69, 9.17) is 10.3 Å². The smallest absolute Gasteiger partial charge is 0.134 e. The van der Waals surface area contributed by atoms with E-state index in [-0.39, 0.29) is 6.04 Å². The molecule has 0 aliphatic carbocycles. The van der Waals surface area contributed by atoms with Crippen LogP contribution in [-0.4, -0.2) is 9.78 Å². The van der Waals surface area contributed by atoms with E-state index >= 15 is 0 Å². The van der Waals surface area contributed by atoms with Crippen LogP contribution >= 0.6 is 0 Å². The Morgan fingerprint density at radius 2 is 2.25 bits per heavy atom. The van der Waals surface area contributed by atoms with Crippen LogP contribution in [0.3, 0.4) is 0 Å². The molecule has 0 saturated heterocycles. The van der Waals surface area contributed by atoms with Gasteiger partial charge >= 0.3 is 0 Å². The van der Waals surface area contributed by atoms with E-state index in [1.165, 1.54) is 5.56 Å². The van der Waals surface area contributed by atoms with Crippen molar-refractivity contribution in [1.29, 1.82) is 0 Å². The molecule has 3 aromatic rings. The molecule has 5 heteroatoms. The molecule has 0 amide bonds. The predicted octanol–water partition coefficient (Wildman–Crippen LogP) is 2.30. The van der Waals surface area contributed by atoms with Crippen LogP contribution in [-0.2, 0) is 13.5 Å². The molecule has 0 spiro atoms. The number of fused-ring (bicyclic) bond motifs is 1. The normalized spacial score (nSPS) is 12.9. The summed E-state index contributed by atoms with van der Waals surface area (Å²) < 4.78 is 7.39. The average molecular weight is 270 g/mol. The van der Waals surface area contributed by atoms with Crippen LogP contribution in [0.2, 0.25) is 0 Å². The Labute approximate surface area is 117 Å². The summed E-state index contributed by atoms with van der Waals surface area (Å²) >= 11 is 0. The third-order valence-electron chi connectivity index (χ3n) is 3.57. The van der Waals surface area contributed by atoms with E-state index < -0.39 is 0 Å². The van der Waals surface area contributed by atoms with Crippen molar-refractivity contribution in [3.8, 4) is 0 Å². The monoisotopic (exact) mass is 270 g/mol. The molecule has 0 aliphatic rings. The van der Waals surface area contributed by atoms with Gasteiger partial charge in [0.1, 0.15) is 5.58 Å². The van der Waals surface area contributed by atoms with Crippen LogP contribution in [0.25, 0.3) is 11.0 Å². The van der Waals surface area contributed by atoms with Gasteiger partial charge in [-0.15, -0.1) is 0 Å². The number of rotatable bonds is 5. The molecule has 20 heavy (non-hydrogen) atoms. The van der Waals surface area contributed by atoms with Gasteiger partial charge in [0.05, 0.1) is 18.5 Å². The van der Waals surface area contributed by atoms with E-state index in [1.807, 2.05) is 42.3 Å². The highest BCUT2D eigenvalue weighted by Gasteiger charge is 2.15. The van der Waals surface area contributed by atoms with Gasteiger partial charge in [0, 0.05) is 24.2 Å². The van der Waals surface area contributed by atoms with Crippen molar-refractivity contribution in [2.75, 3.05) is 0 Å². The number of hydrogen-bond acceptors (Lipinski definition) is 4. The van der Waals surface area contributed by atoms with Gasteiger partial charge in [-0.3, -0.25) is 16.0 Å². The van der Waals surface area contributed by atoms with Crippen LogP contribution in [0.4, 0.5) is 0 Å². The maximum absolute atomic E-state index is 5.71. The molecule has 3 rings (SSSR count). The van der Waals surface area contributed by atoms with E-state index in [2.05, 4.69) is 16.6 Å². The summed E-state index contributed by atoms with van der Waals surface area (Å²) in [5, 5.41) is 5.29. The first-order chi connectivity index (χ1) is 9.78. The lowest BCUT2D eigenvalue weighted by Gasteiger charge is -2.14. The van der Waals surface area contributed by atoms with Gasteiger partial charge in [-0.2, -0.15) is 5.10 Å². The second kappa shape index (κ2) is 5.48. The third kappa shape index (κ3) is 2.45. The molecule has 2 aromatic heterocycles. The molecule has 1 atom stereocenters. The molecule has 3 N–H and O–H groups in total. The second-order valence-electron chi connectivity index (χ2n) is 4.97. The van der Waals surface area contributed by atoms with Gasteiger partial charge in [-0.05, 0) is 24.5 Å². The Morgan fingerprint density at radius 1 is 1.40 bits per heavy atom. The second-order valence-corrected chi connectivity index (χ2v) is 4.97. The van der Waals surface area contributed by atoms with Crippen LogP contribution in [0, 0.1) is 0 Å². The highest BCUT2D eigenvalue weighted by atomic mass is 16.3. The minimum atomic E-state index is 0.0684. The first kappa shape index (κ1) is 12.9. The summed E-state index contributed by atoms with van der Waals surface area (Å²) in [6.45, 7) is 0. The number of hydrogen-bond donors (Lipinski definition) is 2. The number of nitrogens with two attached hydrogens (primary N) is 1. The van der Waals surface area contributed by atoms with E-state index in [0.29, 0.717) is 0 Å². The molecular weight excluding hydrogens is 252 g/mol. The predicted molar refractivity (Wildman–Crippen MR) is 77.8 cm³/mol. The highest BCUT2D eigenvalue weighted by Crippen LogP contribution is 2.28. The first-order valence-corrected chi connectivity index (χ1v) is 6.67. The lowest BCUT2D eigenvalue weighted by Crippen LogP contribution is -2.28. The number of para-hydroxylation sites is 1. The minimum Gasteiger partial charge on any atom is -0.464 e. The number of aryl methyl sites for hydroxylation is 2. The molecule has 0 aliphatic heterocycles. The highest BCUT2D eigenvalue weighted by molar-refractivity contribution is 5.81. The molecule has 1 aromatic carbocycles. The van der Waals surface area contributed by atoms with Crippen molar-refractivity contribution in [3.05, 3.63) is 54.0 Å². The minimum absolute atomic E-state index is 0.0684. The fourth-order valence-electron chi connectivity index (χ4n) is 2.51. The average Bonchev–Trinajstić information content (AvgIpc) is 3.07. The molecule has 104 valence electrons. The van der Waals surface area contributed by atoms with E-state index in [1.54, 1.807) is 6.26 Å².